The number of benzene rings is 1. The van der Waals surface area contributed by atoms with Crippen molar-refractivity contribution in [3.05, 3.63) is 48.2 Å². The third-order valence-electron chi connectivity index (χ3n) is 2.58. The second-order valence-corrected chi connectivity index (χ2v) is 4.40. The van der Waals surface area contributed by atoms with Crippen molar-refractivity contribution in [1.82, 2.24) is 4.98 Å². The van der Waals surface area contributed by atoms with Gasteiger partial charge in [-0.3, -0.25) is 0 Å². The largest absolute Gasteiger partial charge is 0.444 e. The van der Waals surface area contributed by atoms with Gasteiger partial charge in [0.2, 0.25) is 5.89 Å². The second kappa shape index (κ2) is 5.87. The molecule has 0 aliphatic heterocycles. The molecular formula is C14H15ClNO. The van der Waals surface area contributed by atoms with Crippen LogP contribution in [0.5, 0.6) is 0 Å². The zero-order chi connectivity index (χ0) is 12.1. The molecule has 1 radical (unpaired) electrons. The highest BCUT2D eigenvalue weighted by Crippen LogP contribution is 2.21. The summed E-state index contributed by atoms with van der Waals surface area (Å²) in [7, 11) is 0. The summed E-state index contributed by atoms with van der Waals surface area (Å²) in [6.07, 6.45) is 5.89. The fraction of sp³-hybridized carbons (Fsp3) is 0.286. The van der Waals surface area contributed by atoms with Crippen LogP contribution in [0, 0.1) is 6.92 Å². The zero-order valence-electron chi connectivity index (χ0n) is 9.66. The average Bonchev–Trinajstić information content (AvgIpc) is 2.79. The van der Waals surface area contributed by atoms with Gasteiger partial charge in [-0.2, -0.15) is 0 Å². The van der Waals surface area contributed by atoms with E-state index in [1.807, 2.05) is 24.3 Å². The quantitative estimate of drug-likeness (QED) is 0.726. The van der Waals surface area contributed by atoms with Crippen molar-refractivity contribution >= 4 is 11.6 Å². The number of hydrogen-bond acceptors (Lipinski definition) is 2. The van der Waals surface area contributed by atoms with Gasteiger partial charge in [-0.25, -0.2) is 4.98 Å². The van der Waals surface area contributed by atoms with Gasteiger partial charge in [0.05, 0.1) is 5.69 Å². The number of halogens is 1. The van der Waals surface area contributed by atoms with E-state index in [0.29, 0.717) is 5.89 Å². The monoisotopic (exact) mass is 248 g/mol. The van der Waals surface area contributed by atoms with Gasteiger partial charge in [-0.05, 0) is 37.1 Å². The van der Waals surface area contributed by atoms with Crippen LogP contribution in [0.3, 0.4) is 0 Å². The molecular weight excluding hydrogens is 234 g/mol. The maximum atomic E-state index is 5.83. The van der Waals surface area contributed by atoms with E-state index >= 15 is 0 Å². The van der Waals surface area contributed by atoms with Crippen molar-refractivity contribution in [2.75, 3.05) is 0 Å². The summed E-state index contributed by atoms with van der Waals surface area (Å²) in [5, 5.41) is 0.718. The van der Waals surface area contributed by atoms with Crippen LogP contribution in [0.15, 0.2) is 34.9 Å². The van der Waals surface area contributed by atoms with Crippen LogP contribution >= 0.6 is 11.6 Å². The van der Waals surface area contributed by atoms with E-state index in [-0.39, 0.29) is 0 Å². The molecule has 0 unspecified atom stereocenters. The first-order valence-corrected chi connectivity index (χ1v) is 6.17. The van der Waals surface area contributed by atoms with E-state index in [2.05, 4.69) is 11.9 Å². The number of aromatic nitrogens is 1. The van der Waals surface area contributed by atoms with Crippen LogP contribution in [0.2, 0.25) is 5.02 Å². The third kappa shape index (κ3) is 3.34. The Morgan fingerprint density at radius 3 is 2.65 bits per heavy atom. The zero-order valence-corrected chi connectivity index (χ0v) is 10.4. The summed E-state index contributed by atoms with van der Waals surface area (Å²) < 4.78 is 5.45. The molecule has 0 amide bonds. The van der Waals surface area contributed by atoms with Crippen LogP contribution in [0.4, 0.5) is 0 Å². The van der Waals surface area contributed by atoms with E-state index < -0.39 is 0 Å². The fourth-order valence-electron chi connectivity index (χ4n) is 1.63. The van der Waals surface area contributed by atoms with Crippen LogP contribution < -0.4 is 0 Å². The Balaban J connectivity index is 2.04. The van der Waals surface area contributed by atoms with Crippen LogP contribution in [-0.2, 0) is 6.42 Å². The molecule has 1 aromatic heterocycles. The molecule has 2 nitrogen and oxygen atoms in total. The molecule has 0 atom stereocenters. The minimum Gasteiger partial charge on any atom is -0.444 e. The molecule has 3 heteroatoms. The van der Waals surface area contributed by atoms with Crippen molar-refractivity contribution < 1.29 is 4.42 Å². The van der Waals surface area contributed by atoms with Crippen LogP contribution in [0.1, 0.15) is 25.0 Å². The molecule has 1 heterocycles. The van der Waals surface area contributed by atoms with Crippen molar-refractivity contribution in [2.24, 2.45) is 0 Å². The number of nitrogens with zero attached hydrogens (tertiary/aromatic N) is 1. The molecule has 0 aliphatic carbocycles. The Morgan fingerprint density at radius 1 is 1.18 bits per heavy atom. The van der Waals surface area contributed by atoms with E-state index in [1.54, 1.807) is 6.26 Å². The van der Waals surface area contributed by atoms with E-state index in [0.717, 1.165) is 42.0 Å². The molecule has 0 aliphatic rings. The van der Waals surface area contributed by atoms with Gasteiger partial charge in [0.1, 0.15) is 6.26 Å². The minimum absolute atomic E-state index is 0.659. The predicted octanol–water partition coefficient (Wildman–Crippen LogP) is 4.54. The summed E-state index contributed by atoms with van der Waals surface area (Å²) in [4.78, 5) is 4.45. The molecule has 0 saturated heterocycles. The number of hydrogen-bond donors (Lipinski definition) is 0. The Bertz CT molecular complexity index is 461. The Hall–Kier alpha value is -1.28. The average molecular weight is 249 g/mol. The number of rotatable bonds is 5. The van der Waals surface area contributed by atoms with Gasteiger partial charge in [0.25, 0.3) is 0 Å². The van der Waals surface area contributed by atoms with Gasteiger partial charge in [0.15, 0.2) is 0 Å². The van der Waals surface area contributed by atoms with Crippen LogP contribution in [0.25, 0.3) is 11.5 Å². The number of aryl methyl sites for hydroxylation is 1. The molecule has 17 heavy (non-hydrogen) atoms. The summed E-state index contributed by atoms with van der Waals surface area (Å²) in [5.74, 6) is 0.659. The van der Waals surface area contributed by atoms with Crippen LogP contribution in [-0.4, -0.2) is 4.98 Å². The Kier molecular flexibility index (Phi) is 4.21. The SMILES string of the molecule is [CH2]CCCCc1coc(-c2ccc(Cl)cc2)n1. The molecule has 0 bridgehead atoms. The summed E-state index contributed by atoms with van der Waals surface area (Å²) in [6, 6.07) is 7.49. The maximum Gasteiger partial charge on any atom is 0.226 e. The molecule has 0 N–H and O–H groups in total. The summed E-state index contributed by atoms with van der Waals surface area (Å²) in [5.41, 5.74) is 1.96. The maximum absolute atomic E-state index is 5.83. The van der Waals surface area contributed by atoms with Gasteiger partial charge in [0, 0.05) is 10.6 Å². The Morgan fingerprint density at radius 2 is 1.94 bits per heavy atom. The van der Waals surface area contributed by atoms with Gasteiger partial charge < -0.3 is 4.42 Å². The van der Waals surface area contributed by atoms with Crippen molar-refractivity contribution in [1.29, 1.82) is 0 Å². The van der Waals surface area contributed by atoms with Gasteiger partial charge >= 0.3 is 0 Å². The lowest BCUT2D eigenvalue weighted by atomic mass is 10.2. The van der Waals surface area contributed by atoms with Gasteiger partial charge in [-0.15, -0.1) is 0 Å². The first-order valence-electron chi connectivity index (χ1n) is 5.79. The highest BCUT2D eigenvalue weighted by molar-refractivity contribution is 6.30. The molecule has 2 aromatic rings. The summed E-state index contributed by atoms with van der Waals surface area (Å²) >= 11 is 5.83. The molecule has 0 fully saturated rings. The predicted molar refractivity (Wildman–Crippen MR) is 69.9 cm³/mol. The lowest BCUT2D eigenvalue weighted by Crippen LogP contribution is -1.85. The summed E-state index contributed by atoms with van der Waals surface area (Å²) in [6.45, 7) is 3.82. The van der Waals surface area contributed by atoms with E-state index in [9.17, 15) is 0 Å². The first-order chi connectivity index (χ1) is 8.29. The minimum atomic E-state index is 0.659. The van der Waals surface area contributed by atoms with Crippen molar-refractivity contribution in [2.45, 2.75) is 25.7 Å². The lowest BCUT2D eigenvalue weighted by molar-refractivity contribution is 0.571. The molecule has 0 spiro atoms. The lowest BCUT2D eigenvalue weighted by Gasteiger charge is -1.95. The number of unbranched alkanes of at least 4 members (excludes halogenated alkanes) is 2. The van der Waals surface area contributed by atoms with E-state index in [1.165, 1.54) is 0 Å². The highest BCUT2D eigenvalue weighted by atomic mass is 35.5. The standard InChI is InChI=1S/C14H15ClNO/c1-2-3-4-5-13-10-17-14(16-13)11-6-8-12(15)9-7-11/h6-10H,1-5H2. The molecule has 1 aromatic carbocycles. The highest BCUT2D eigenvalue weighted by Gasteiger charge is 2.06. The van der Waals surface area contributed by atoms with Crippen molar-refractivity contribution in [3.63, 3.8) is 0 Å². The molecule has 0 saturated carbocycles. The first kappa shape index (κ1) is 12.2. The topological polar surface area (TPSA) is 26.0 Å². The fourth-order valence-corrected chi connectivity index (χ4v) is 1.76. The van der Waals surface area contributed by atoms with E-state index in [4.69, 9.17) is 16.0 Å². The van der Waals surface area contributed by atoms with Gasteiger partial charge in [-0.1, -0.05) is 31.4 Å². The second-order valence-electron chi connectivity index (χ2n) is 3.96. The smallest absolute Gasteiger partial charge is 0.226 e. The Labute approximate surface area is 107 Å². The number of oxazole rings is 1. The molecule has 2 rings (SSSR count). The third-order valence-corrected chi connectivity index (χ3v) is 2.83. The van der Waals surface area contributed by atoms with Crippen molar-refractivity contribution in [3.8, 4) is 11.5 Å². The molecule has 89 valence electrons. The normalized spacial score (nSPS) is 10.7.